The Morgan fingerprint density at radius 2 is 2.00 bits per heavy atom. The molecule has 2 N–H and O–H groups in total. The molecule has 1 saturated carbocycles. The van der Waals surface area contributed by atoms with E-state index in [2.05, 4.69) is 34.5 Å². The predicted octanol–water partition coefficient (Wildman–Crippen LogP) is 2.14. The Kier molecular flexibility index (Phi) is 9.43. The van der Waals surface area contributed by atoms with Crippen LogP contribution in [0.2, 0.25) is 0 Å². The Labute approximate surface area is 178 Å². The highest BCUT2D eigenvalue weighted by Gasteiger charge is 2.28. The lowest BCUT2D eigenvalue weighted by Gasteiger charge is -2.25. The van der Waals surface area contributed by atoms with E-state index in [-0.39, 0.29) is 35.5 Å². The first-order valence-corrected chi connectivity index (χ1v) is 10.9. The van der Waals surface area contributed by atoms with Crippen molar-refractivity contribution in [2.75, 3.05) is 26.9 Å². The Morgan fingerprint density at radius 1 is 1.33 bits per heavy atom. The fraction of sp³-hybridized carbons (Fsp3) is 0.611. The molecule has 0 bridgehead atoms. The van der Waals surface area contributed by atoms with E-state index in [0.29, 0.717) is 35.7 Å². The summed E-state index contributed by atoms with van der Waals surface area (Å²) >= 11 is 0. The van der Waals surface area contributed by atoms with E-state index >= 15 is 0 Å². The first-order chi connectivity index (χ1) is 12.2. The van der Waals surface area contributed by atoms with Crippen LogP contribution in [0.15, 0.2) is 23.2 Å². The van der Waals surface area contributed by atoms with Gasteiger partial charge in [0.2, 0.25) is 0 Å². The lowest BCUT2D eigenvalue weighted by atomic mass is 10.1. The molecule has 2 rings (SSSR count). The van der Waals surface area contributed by atoms with Crippen molar-refractivity contribution in [3.05, 3.63) is 35.1 Å². The first kappa shape index (κ1) is 24.1. The second-order valence-electron chi connectivity index (χ2n) is 7.04. The van der Waals surface area contributed by atoms with Gasteiger partial charge in [0, 0.05) is 38.5 Å². The van der Waals surface area contributed by atoms with Gasteiger partial charge in [0.15, 0.2) is 15.8 Å². The van der Waals surface area contributed by atoms with E-state index in [1.807, 2.05) is 0 Å². The SMILES string of the molecule is CN=C(NCc1cc(F)ccc1CS(C)(=O)=O)NCC(C)N(C)C1CC1.I. The summed E-state index contributed by atoms with van der Waals surface area (Å²) in [7, 11) is 0.612. The molecule has 1 aromatic rings. The van der Waals surface area contributed by atoms with Crippen molar-refractivity contribution in [1.82, 2.24) is 15.5 Å². The van der Waals surface area contributed by atoms with Gasteiger partial charge in [-0.05, 0) is 50.1 Å². The van der Waals surface area contributed by atoms with Crippen LogP contribution >= 0.6 is 24.0 Å². The van der Waals surface area contributed by atoms with Gasteiger partial charge in [-0.1, -0.05) is 6.07 Å². The molecule has 1 aliphatic carbocycles. The molecule has 1 aromatic carbocycles. The van der Waals surface area contributed by atoms with Crippen LogP contribution in [0.1, 0.15) is 30.9 Å². The molecular weight excluding hydrogens is 482 g/mol. The summed E-state index contributed by atoms with van der Waals surface area (Å²) in [6.07, 6.45) is 3.69. The minimum Gasteiger partial charge on any atom is -0.355 e. The average molecular weight is 512 g/mol. The molecule has 0 saturated heterocycles. The molecule has 0 spiro atoms. The van der Waals surface area contributed by atoms with Crippen LogP contribution in [0, 0.1) is 5.82 Å². The van der Waals surface area contributed by atoms with Crippen LogP contribution in [0.3, 0.4) is 0 Å². The van der Waals surface area contributed by atoms with Crippen molar-refractivity contribution in [3.63, 3.8) is 0 Å². The average Bonchev–Trinajstić information content (AvgIpc) is 3.40. The standard InChI is InChI=1S/C18H29FN4O2S.HI/c1-13(23(3)17-7-8-17)10-21-18(20-2)22-11-15-9-16(19)6-5-14(15)12-26(4,24)25;/h5-6,9,13,17H,7-8,10-12H2,1-4H3,(H2,20,21,22);1H. The molecule has 1 fully saturated rings. The van der Waals surface area contributed by atoms with Gasteiger partial charge < -0.3 is 10.6 Å². The highest BCUT2D eigenvalue weighted by atomic mass is 127. The lowest BCUT2D eigenvalue weighted by Crippen LogP contribution is -2.45. The predicted molar refractivity (Wildman–Crippen MR) is 119 cm³/mol. The topological polar surface area (TPSA) is 73.8 Å². The number of hydrogen-bond acceptors (Lipinski definition) is 4. The second kappa shape index (κ2) is 10.6. The van der Waals surface area contributed by atoms with E-state index in [1.165, 1.54) is 37.3 Å². The fourth-order valence-electron chi connectivity index (χ4n) is 2.81. The minimum absolute atomic E-state index is 0. The third kappa shape index (κ3) is 8.30. The number of nitrogens with zero attached hydrogens (tertiary/aromatic N) is 2. The molecule has 1 unspecified atom stereocenters. The maximum Gasteiger partial charge on any atom is 0.191 e. The highest BCUT2D eigenvalue weighted by Crippen LogP contribution is 2.26. The maximum absolute atomic E-state index is 13.6. The third-order valence-electron chi connectivity index (χ3n) is 4.64. The van der Waals surface area contributed by atoms with Gasteiger partial charge in [0.25, 0.3) is 0 Å². The number of aliphatic imine (C=N–C) groups is 1. The van der Waals surface area contributed by atoms with Crippen LogP contribution in [0.25, 0.3) is 0 Å². The molecule has 0 aliphatic heterocycles. The zero-order chi connectivity index (χ0) is 19.3. The summed E-state index contributed by atoms with van der Waals surface area (Å²) in [5, 5.41) is 6.41. The summed E-state index contributed by atoms with van der Waals surface area (Å²) in [4.78, 5) is 6.54. The molecule has 6 nitrogen and oxygen atoms in total. The van der Waals surface area contributed by atoms with E-state index in [0.717, 1.165) is 6.54 Å². The van der Waals surface area contributed by atoms with Gasteiger partial charge in [-0.15, -0.1) is 24.0 Å². The molecule has 0 aromatic heterocycles. The molecule has 0 heterocycles. The zero-order valence-corrected chi connectivity index (χ0v) is 19.5. The smallest absolute Gasteiger partial charge is 0.191 e. The van der Waals surface area contributed by atoms with Gasteiger partial charge in [0.1, 0.15) is 5.82 Å². The largest absolute Gasteiger partial charge is 0.355 e. The minimum atomic E-state index is -3.19. The molecule has 0 radical (unpaired) electrons. The van der Waals surface area contributed by atoms with Gasteiger partial charge in [0.05, 0.1) is 5.75 Å². The summed E-state index contributed by atoms with van der Waals surface area (Å²) in [6.45, 7) is 3.20. The lowest BCUT2D eigenvalue weighted by molar-refractivity contribution is 0.247. The van der Waals surface area contributed by atoms with Crippen molar-refractivity contribution in [1.29, 1.82) is 0 Å². The van der Waals surface area contributed by atoms with Crippen molar-refractivity contribution in [3.8, 4) is 0 Å². The number of rotatable bonds is 8. The fourth-order valence-corrected chi connectivity index (χ4v) is 3.66. The number of halogens is 2. The van der Waals surface area contributed by atoms with Crippen LogP contribution in [-0.4, -0.2) is 58.3 Å². The van der Waals surface area contributed by atoms with Crippen molar-refractivity contribution >= 4 is 39.8 Å². The van der Waals surface area contributed by atoms with Crippen LogP contribution in [0.5, 0.6) is 0 Å². The Balaban J connectivity index is 0.00000364. The summed E-state index contributed by atoms with van der Waals surface area (Å²) in [5.74, 6) is 0.108. The number of hydrogen-bond donors (Lipinski definition) is 2. The van der Waals surface area contributed by atoms with Gasteiger partial charge in [-0.25, -0.2) is 12.8 Å². The molecule has 1 aliphatic rings. The number of guanidine groups is 1. The van der Waals surface area contributed by atoms with Crippen LogP contribution < -0.4 is 10.6 Å². The van der Waals surface area contributed by atoms with Gasteiger partial charge in [-0.3, -0.25) is 9.89 Å². The molecule has 1 atom stereocenters. The van der Waals surface area contributed by atoms with E-state index in [1.54, 1.807) is 7.05 Å². The molecule has 27 heavy (non-hydrogen) atoms. The maximum atomic E-state index is 13.6. The van der Waals surface area contributed by atoms with Crippen molar-refractivity contribution in [2.24, 2.45) is 4.99 Å². The summed E-state index contributed by atoms with van der Waals surface area (Å²) < 4.78 is 36.7. The second-order valence-corrected chi connectivity index (χ2v) is 9.18. The normalized spacial score (nSPS) is 16.0. The van der Waals surface area contributed by atoms with E-state index in [9.17, 15) is 12.8 Å². The molecule has 9 heteroatoms. The zero-order valence-electron chi connectivity index (χ0n) is 16.3. The molecule has 0 amide bonds. The van der Waals surface area contributed by atoms with Crippen LogP contribution in [0.4, 0.5) is 4.39 Å². The highest BCUT2D eigenvalue weighted by molar-refractivity contribution is 14.0. The van der Waals surface area contributed by atoms with Gasteiger partial charge >= 0.3 is 0 Å². The molecule has 154 valence electrons. The van der Waals surface area contributed by atoms with Crippen molar-refractivity contribution in [2.45, 2.75) is 44.1 Å². The summed E-state index contributed by atoms with van der Waals surface area (Å²) in [6, 6.07) is 5.23. The number of likely N-dealkylation sites (N-methyl/N-ethyl adjacent to an activating group) is 1. The Hall–Kier alpha value is -0.940. The number of nitrogens with one attached hydrogen (secondary N) is 2. The third-order valence-corrected chi connectivity index (χ3v) is 5.47. The summed E-state index contributed by atoms with van der Waals surface area (Å²) in [5.41, 5.74) is 1.21. The van der Waals surface area contributed by atoms with E-state index < -0.39 is 9.84 Å². The molecular formula is C18H30FIN4O2S. The Morgan fingerprint density at radius 3 is 2.56 bits per heavy atom. The quantitative estimate of drug-likeness (QED) is 0.317. The van der Waals surface area contributed by atoms with Gasteiger partial charge in [-0.2, -0.15) is 0 Å². The monoisotopic (exact) mass is 512 g/mol. The van der Waals surface area contributed by atoms with E-state index in [4.69, 9.17) is 0 Å². The van der Waals surface area contributed by atoms with Crippen LogP contribution in [-0.2, 0) is 22.1 Å². The number of benzene rings is 1. The number of sulfone groups is 1. The van der Waals surface area contributed by atoms with Crippen molar-refractivity contribution < 1.29 is 12.8 Å². The Bertz CT molecular complexity index is 754. The first-order valence-electron chi connectivity index (χ1n) is 8.81.